The number of nitrogens with one attached hydrogen (secondary N) is 1. The molecule has 0 aliphatic carbocycles. The van der Waals surface area contributed by atoms with E-state index in [-0.39, 0.29) is 6.54 Å². The molecule has 1 aliphatic heterocycles. The maximum Gasteiger partial charge on any atom is 0.323 e. The molecule has 0 unspecified atom stereocenters. The molecular weight excluding hydrogens is 228 g/mol. The minimum atomic E-state index is -0.859. The highest BCUT2D eigenvalue weighted by molar-refractivity contribution is 6.31. The molecule has 0 saturated heterocycles. The predicted octanol–water partition coefficient (Wildman–Crippen LogP) is 2.39. The molecule has 1 aliphatic rings. The minimum absolute atomic E-state index is 0.0483. The van der Waals surface area contributed by atoms with Gasteiger partial charge in [-0.2, -0.15) is 0 Å². The van der Waals surface area contributed by atoms with E-state index >= 15 is 0 Å². The Morgan fingerprint density at radius 2 is 2.25 bits per heavy atom. The monoisotopic (exact) mass is 240 g/mol. The van der Waals surface area contributed by atoms with Crippen molar-refractivity contribution in [2.45, 2.75) is 19.5 Å². The average molecular weight is 241 g/mol. The van der Waals surface area contributed by atoms with Gasteiger partial charge in [-0.25, -0.2) is 0 Å². The van der Waals surface area contributed by atoms with Crippen molar-refractivity contribution >= 4 is 28.9 Å². The Labute approximate surface area is 98.8 Å². The fraction of sp³-hybridized carbons (Fsp3) is 0.364. The van der Waals surface area contributed by atoms with Crippen LogP contribution in [-0.2, 0) is 4.79 Å². The molecule has 5 heteroatoms. The number of aliphatic carboxylic acids is 1. The normalized spacial score (nSPS) is 16.8. The van der Waals surface area contributed by atoms with Crippen LogP contribution in [0, 0.1) is 0 Å². The molecule has 0 amide bonds. The number of rotatable bonds is 2. The lowest BCUT2D eigenvalue weighted by atomic mass is 10.2. The van der Waals surface area contributed by atoms with E-state index in [1.165, 1.54) is 0 Å². The van der Waals surface area contributed by atoms with E-state index in [9.17, 15) is 4.79 Å². The topological polar surface area (TPSA) is 52.6 Å². The smallest absolute Gasteiger partial charge is 0.323 e. The first kappa shape index (κ1) is 11.1. The molecule has 2 N–H and O–H groups in total. The van der Waals surface area contributed by atoms with Crippen molar-refractivity contribution in [3.05, 3.63) is 23.2 Å². The Morgan fingerprint density at radius 1 is 1.56 bits per heavy atom. The summed E-state index contributed by atoms with van der Waals surface area (Å²) in [5.41, 5.74) is 1.33. The molecular formula is C11H13ClN2O2. The quantitative estimate of drug-likeness (QED) is 0.834. The molecule has 0 radical (unpaired) electrons. The number of carboxylic acid groups (broad SMARTS) is 1. The second-order valence-electron chi connectivity index (χ2n) is 4.33. The zero-order valence-corrected chi connectivity index (χ0v) is 9.88. The highest BCUT2D eigenvalue weighted by Gasteiger charge is 2.36. The summed E-state index contributed by atoms with van der Waals surface area (Å²) in [5.74, 6) is -0.859. The fourth-order valence-electron chi connectivity index (χ4n) is 1.95. The van der Waals surface area contributed by atoms with Gasteiger partial charge >= 0.3 is 5.97 Å². The number of fused-ring (bicyclic) bond motifs is 1. The van der Waals surface area contributed by atoms with E-state index in [0.717, 1.165) is 11.4 Å². The molecule has 2 rings (SSSR count). The molecule has 0 fully saturated rings. The summed E-state index contributed by atoms with van der Waals surface area (Å²) in [6, 6.07) is 5.43. The third-order valence-electron chi connectivity index (χ3n) is 2.66. The van der Waals surface area contributed by atoms with Crippen LogP contribution >= 0.6 is 11.6 Å². The molecule has 0 bridgehead atoms. The standard InChI is InChI=1S/C11H13ClN2O2/c1-11(2)13-8-4-3-7(12)5-9(8)14(11)6-10(15)16/h3-5,13H,6H2,1-2H3,(H,15,16). The number of hydrogen-bond donors (Lipinski definition) is 2. The zero-order valence-electron chi connectivity index (χ0n) is 9.12. The molecule has 1 heterocycles. The molecule has 4 nitrogen and oxygen atoms in total. The summed E-state index contributed by atoms with van der Waals surface area (Å²) in [6.45, 7) is 3.82. The van der Waals surface area contributed by atoms with Crippen LogP contribution < -0.4 is 10.2 Å². The van der Waals surface area contributed by atoms with Gasteiger partial charge in [-0.1, -0.05) is 11.6 Å². The second kappa shape index (κ2) is 3.56. The summed E-state index contributed by atoms with van der Waals surface area (Å²) in [4.78, 5) is 12.6. The highest BCUT2D eigenvalue weighted by atomic mass is 35.5. The molecule has 0 saturated carbocycles. The van der Waals surface area contributed by atoms with Gasteiger partial charge in [0.25, 0.3) is 0 Å². The molecule has 1 aromatic rings. The Hall–Kier alpha value is -1.42. The first-order valence-electron chi connectivity index (χ1n) is 4.97. The number of anilines is 2. The van der Waals surface area contributed by atoms with Gasteiger partial charge in [0.05, 0.1) is 11.4 Å². The van der Waals surface area contributed by atoms with Crippen molar-refractivity contribution in [3.8, 4) is 0 Å². The van der Waals surface area contributed by atoms with E-state index in [4.69, 9.17) is 16.7 Å². The zero-order chi connectivity index (χ0) is 11.9. The van der Waals surface area contributed by atoms with Crippen molar-refractivity contribution in [2.75, 3.05) is 16.8 Å². The number of hydrogen-bond acceptors (Lipinski definition) is 3. The van der Waals surface area contributed by atoms with Gasteiger partial charge in [-0.05, 0) is 32.0 Å². The van der Waals surface area contributed by atoms with Crippen molar-refractivity contribution in [3.63, 3.8) is 0 Å². The molecule has 16 heavy (non-hydrogen) atoms. The van der Waals surface area contributed by atoms with Crippen molar-refractivity contribution in [1.82, 2.24) is 0 Å². The van der Waals surface area contributed by atoms with E-state index in [2.05, 4.69) is 5.32 Å². The van der Waals surface area contributed by atoms with E-state index in [1.54, 1.807) is 17.0 Å². The Kier molecular flexibility index (Phi) is 2.46. The van der Waals surface area contributed by atoms with Crippen LogP contribution in [0.3, 0.4) is 0 Å². The number of carbonyl (C=O) groups is 1. The van der Waals surface area contributed by atoms with E-state index in [1.807, 2.05) is 19.9 Å². The maximum atomic E-state index is 10.8. The van der Waals surface area contributed by atoms with Gasteiger partial charge in [0.15, 0.2) is 0 Å². The predicted molar refractivity (Wildman–Crippen MR) is 64.1 cm³/mol. The van der Waals surface area contributed by atoms with Crippen LogP contribution in [0.15, 0.2) is 18.2 Å². The van der Waals surface area contributed by atoms with Crippen LogP contribution in [0.1, 0.15) is 13.8 Å². The van der Waals surface area contributed by atoms with Crippen LogP contribution in [-0.4, -0.2) is 23.3 Å². The third kappa shape index (κ3) is 1.80. The van der Waals surface area contributed by atoms with Crippen molar-refractivity contribution in [1.29, 1.82) is 0 Å². The van der Waals surface area contributed by atoms with Crippen LogP contribution in [0.5, 0.6) is 0 Å². The van der Waals surface area contributed by atoms with E-state index in [0.29, 0.717) is 5.02 Å². The molecule has 0 atom stereocenters. The maximum absolute atomic E-state index is 10.8. The lowest BCUT2D eigenvalue weighted by Crippen LogP contribution is -2.47. The SMILES string of the molecule is CC1(C)Nc2ccc(Cl)cc2N1CC(=O)O. The van der Waals surface area contributed by atoms with E-state index < -0.39 is 11.6 Å². The van der Waals surface area contributed by atoms with Gasteiger partial charge in [0.1, 0.15) is 12.2 Å². The first-order valence-corrected chi connectivity index (χ1v) is 5.35. The van der Waals surface area contributed by atoms with Crippen LogP contribution in [0.4, 0.5) is 11.4 Å². The summed E-state index contributed by atoms with van der Waals surface area (Å²) in [6.07, 6.45) is 0. The summed E-state index contributed by atoms with van der Waals surface area (Å²) in [5, 5.41) is 12.8. The lowest BCUT2D eigenvalue weighted by Gasteiger charge is -2.32. The summed E-state index contributed by atoms with van der Waals surface area (Å²) < 4.78 is 0. The Balaban J connectivity index is 2.43. The minimum Gasteiger partial charge on any atom is -0.480 e. The van der Waals surface area contributed by atoms with Gasteiger partial charge < -0.3 is 15.3 Å². The first-order chi connectivity index (χ1) is 7.40. The van der Waals surface area contributed by atoms with Gasteiger partial charge in [0, 0.05) is 5.02 Å². The third-order valence-corrected chi connectivity index (χ3v) is 2.89. The van der Waals surface area contributed by atoms with Gasteiger partial charge in [-0.3, -0.25) is 4.79 Å². The second-order valence-corrected chi connectivity index (χ2v) is 4.76. The van der Waals surface area contributed by atoms with Crippen LogP contribution in [0.2, 0.25) is 5.02 Å². The number of nitrogens with zero attached hydrogens (tertiary/aromatic N) is 1. The number of benzene rings is 1. The van der Waals surface area contributed by atoms with Gasteiger partial charge in [-0.15, -0.1) is 0 Å². The molecule has 86 valence electrons. The van der Waals surface area contributed by atoms with Crippen LogP contribution in [0.25, 0.3) is 0 Å². The number of carboxylic acids is 1. The lowest BCUT2D eigenvalue weighted by molar-refractivity contribution is -0.135. The average Bonchev–Trinajstić information content (AvgIpc) is 2.38. The van der Waals surface area contributed by atoms with Crippen molar-refractivity contribution < 1.29 is 9.90 Å². The Morgan fingerprint density at radius 3 is 2.88 bits per heavy atom. The molecule has 0 aromatic heterocycles. The molecule has 1 aromatic carbocycles. The van der Waals surface area contributed by atoms with Gasteiger partial charge in [0.2, 0.25) is 0 Å². The molecule has 0 spiro atoms. The fourth-order valence-corrected chi connectivity index (χ4v) is 2.12. The largest absolute Gasteiger partial charge is 0.480 e. The highest BCUT2D eigenvalue weighted by Crippen LogP contribution is 2.40. The number of halogens is 1. The summed E-state index contributed by atoms with van der Waals surface area (Å²) >= 11 is 5.92. The summed E-state index contributed by atoms with van der Waals surface area (Å²) in [7, 11) is 0. The van der Waals surface area contributed by atoms with Crippen molar-refractivity contribution in [2.24, 2.45) is 0 Å². The Bertz CT molecular complexity index is 446.